The Bertz CT molecular complexity index is 704. The van der Waals surface area contributed by atoms with E-state index in [1.807, 2.05) is 48.5 Å². The van der Waals surface area contributed by atoms with E-state index in [-0.39, 0.29) is 0 Å². The summed E-state index contributed by atoms with van der Waals surface area (Å²) in [6.45, 7) is 4.24. The van der Waals surface area contributed by atoms with Gasteiger partial charge in [-0.05, 0) is 24.7 Å². The van der Waals surface area contributed by atoms with E-state index in [1.165, 1.54) is 0 Å². The maximum atomic E-state index is 5.95. The van der Waals surface area contributed by atoms with E-state index in [9.17, 15) is 0 Å². The maximum absolute atomic E-state index is 5.95. The molecule has 0 atom stereocenters. The highest BCUT2D eigenvalue weighted by Crippen LogP contribution is 2.27. The van der Waals surface area contributed by atoms with Crippen LogP contribution < -0.4 is 10.1 Å². The summed E-state index contributed by atoms with van der Waals surface area (Å²) in [5.74, 6) is 1.83. The zero-order valence-electron chi connectivity index (χ0n) is 12.1. The first-order valence-corrected chi connectivity index (χ1v) is 7.26. The van der Waals surface area contributed by atoms with Gasteiger partial charge in [0.05, 0.1) is 6.54 Å². The van der Waals surface area contributed by atoms with Crippen molar-refractivity contribution >= 4 is 11.0 Å². The van der Waals surface area contributed by atoms with Crippen LogP contribution in [0.25, 0.3) is 11.0 Å². The van der Waals surface area contributed by atoms with Gasteiger partial charge in [0, 0.05) is 10.9 Å². The molecule has 0 saturated heterocycles. The highest BCUT2D eigenvalue weighted by molar-refractivity contribution is 5.82. The number of furan rings is 1. The van der Waals surface area contributed by atoms with Crippen molar-refractivity contribution in [1.29, 1.82) is 0 Å². The van der Waals surface area contributed by atoms with E-state index < -0.39 is 0 Å². The van der Waals surface area contributed by atoms with E-state index in [4.69, 9.17) is 9.15 Å². The van der Waals surface area contributed by atoms with Crippen LogP contribution in [0.2, 0.25) is 0 Å². The average Bonchev–Trinajstić information content (AvgIpc) is 2.89. The molecule has 0 aliphatic carbocycles. The van der Waals surface area contributed by atoms with E-state index in [0.29, 0.717) is 6.61 Å². The SMILES string of the molecule is CCNCc1oc2ccccc2c1COc1ccccc1. The lowest BCUT2D eigenvalue weighted by Crippen LogP contribution is -2.12. The van der Waals surface area contributed by atoms with Crippen LogP contribution in [0.3, 0.4) is 0 Å². The number of hydrogen-bond donors (Lipinski definition) is 1. The normalized spacial score (nSPS) is 10.9. The minimum atomic E-state index is 0.516. The van der Waals surface area contributed by atoms with Crippen LogP contribution in [0.15, 0.2) is 59.0 Å². The summed E-state index contributed by atoms with van der Waals surface area (Å²) in [5.41, 5.74) is 2.03. The van der Waals surface area contributed by atoms with Crippen LogP contribution in [0.1, 0.15) is 18.2 Å². The molecule has 0 bridgehead atoms. The summed E-state index contributed by atoms with van der Waals surface area (Å²) in [5, 5.41) is 4.44. The zero-order chi connectivity index (χ0) is 14.5. The number of benzene rings is 2. The van der Waals surface area contributed by atoms with Crippen molar-refractivity contribution in [2.45, 2.75) is 20.1 Å². The molecule has 3 nitrogen and oxygen atoms in total. The second-order valence-electron chi connectivity index (χ2n) is 4.88. The maximum Gasteiger partial charge on any atom is 0.134 e. The summed E-state index contributed by atoms with van der Waals surface area (Å²) in [6.07, 6.45) is 0. The molecule has 0 fully saturated rings. The molecule has 0 spiro atoms. The van der Waals surface area contributed by atoms with Crippen molar-refractivity contribution in [1.82, 2.24) is 5.32 Å². The first-order chi connectivity index (χ1) is 10.4. The Morgan fingerprint density at radius 1 is 1.00 bits per heavy atom. The highest BCUT2D eigenvalue weighted by atomic mass is 16.5. The largest absolute Gasteiger partial charge is 0.489 e. The molecule has 3 aromatic rings. The molecule has 0 amide bonds. The summed E-state index contributed by atoms with van der Waals surface area (Å²) in [4.78, 5) is 0. The third kappa shape index (κ3) is 3.09. The number of para-hydroxylation sites is 2. The van der Waals surface area contributed by atoms with Crippen LogP contribution in [-0.4, -0.2) is 6.54 Å². The molecule has 1 N–H and O–H groups in total. The van der Waals surface area contributed by atoms with Crippen LogP contribution in [0, 0.1) is 0 Å². The number of hydrogen-bond acceptors (Lipinski definition) is 3. The molecule has 21 heavy (non-hydrogen) atoms. The van der Waals surface area contributed by atoms with Gasteiger partial charge in [0.25, 0.3) is 0 Å². The van der Waals surface area contributed by atoms with Crippen molar-refractivity contribution in [3.8, 4) is 5.75 Å². The monoisotopic (exact) mass is 281 g/mol. The van der Waals surface area contributed by atoms with Crippen LogP contribution in [0.5, 0.6) is 5.75 Å². The smallest absolute Gasteiger partial charge is 0.134 e. The van der Waals surface area contributed by atoms with Crippen molar-refractivity contribution in [2.24, 2.45) is 0 Å². The molecular formula is C18H19NO2. The Labute approximate surface area is 124 Å². The van der Waals surface area contributed by atoms with Gasteiger partial charge in [0.15, 0.2) is 0 Å². The van der Waals surface area contributed by atoms with Crippen LogP contribution in [0.4, 0.5) is 0 Å². The van der Waals surface area contributed by atoms with Gasteiger partial charge >= 0.3 is 0 Å². The number of ether oxygens (including phenoxy) is 1. The second kappa shape index (κ2) is 6.46. The van der Waals surface area contributed by atoms with E-state index in [1.54, 1.807) is 0 Å². The molecule has 1 aromatic heterocycles. The van der Waals surface area contributed by atoms with Gasteiger partial charge in [-0.3, -0.25) is 0 Å². The molecule has 3 heteroatoms. The second-order valence-corrected chi connectivity index (χ2v) is 4.88. The van der Waals surface area contributed by atoms with Gasteiger partial charge in [0.2, 0.25) is 0 Å². The lowest BCUT2D eigenvalue weighted by atomic mass is 10.1. The van der Waals surface area contributed by atoms with E-state index >= 15 is 0 Å². The van der Waals surface area contributed by atoms with Crippen LogP contribution >= 0.6 is 0 Å². The van der Waals surface area contributed by atoms with Gasteiger partial charge in [-0.2, -0.15) is 0 Å². The molecule has 108 valence electrons. The summed E-state index contributed by atoms with van der Waals surface area (Å²) in [6, 6.07) is 18.0. The van der Waals surface area contributed by atoms with Crippen LogP contribution in [-0.2, 0) is 13.2 Å². The average molecular weight is 281 g/mol. The van der Waals surface area contributed by atoms with Crippen molar-refractivity contribution in [2.75, 3.05) is 6.54 Å². The third-order valence-electron chi connectivity index (χ3n) is 3.44. The number of rotatable bonds is 6. The first kappa shape index (κ1) is 13.7. The summed E-state index contributed by atoms with van der Waals surface area (Å²) < 4.78 is 11.8. The quantitative estimate of drug-likeness (QED) is 0.738. The summed E-state index contributed by atoms with van der Waals surface area (Å²) in [7, 11) is 0. The topological polar surface area (TPSA) is 34.4 Å². The summed E-state index contributed by atoms with van der Waals surface area (Å²) >= 11 is 0. The Morgan fingerprint density at radius 3 is 2.57 bits per heavy atom. The van der Waals surface area contributed by atoms with Crippen molar-refractivity contribution in [3.63, 3.8) is 0 Å². The molecule has 0 radical (unpaired) electrons. The lowest BCUT2D eigenvalue weighted by Gasteiger charge is -2.07. The molecular weight excluding hydrogens is 262 g/mol. The number of nitrogens with one attached hydrogen (secondary N) is 1. The fraction of sp³-hybridized carbons (Fsp3) is 0.222. The highest BCUT2D eigenvalue weighted by Gasteiger charge is 2.14. The van der Waals surface area contributed by atoms with Crippen molar-refractivity contribution in [3.05, 3.63) is 65.9 Å². The standard InChI is InChI=1S/C18H19NO2/c1-2-19-12-18-16(13-20-14-8-4-3-5-9-14)15-10-6-7-11-17(15)21-18/h3-11,19H,2,12-13H2,1H3. The van der Waals surface area contributed by atoms with Gasteiger partial charge < -0.3 is 14.5 Å². The molecule has 3 rings (SSSR count). The van der Waals surface area contributed by atoms with Crippen molar-refractivity contribution < 1.29 is 9.15 Å². The first-order valence-electron chi connectivity index (χ1n) is 7.26. The van der Waals surface area contributed by atoms with Gasteiger partial charge in [-0.25, -0.2) is 0 Å². The molecule has 0 aliphatic heterocycles. The fourth-order valence-electron chi connectivity index (χ4n) is 2.36. The Hall–Kier alpha value is -2.26. The molecule has 1 heterocycles. The minimum absolute atomic E-state index is 0.516. The number of fused-ring (bicyclic) bond motifs is 1. The van der Waals surface area contributed by atoms with E-state index in [2.05, 4.69) is 18.3 Å². The predicted octanol–water partition coefficient (Wildman–Crippen LogP) is 4.12. The van der Waals surface area contributed by atoms with Gasteiger partial charge in [-0.1, -0.05) is 43.3 Å². The zero-order valence-corrected chi connectivity index (χ0v) is 12.1. The van der Waals surface area contributed by atoms with Gasteiger partial charge in [-0.15, -0.1) is 0 Å². The molecule has 0 aliphatic rings. The minimum Gasteiger partial charge on any atom is -0.489 e. The fourth-order valence-corrected chi connectivity index (χ4v) is 2.36. The lowest BCUT2D eigenvalue weighted by molar-refractivity contribution is 0.302. The predicted molar refractivity (Wildman–Crippen MR) is 84.4 cm³/mol. The Balaban J connectivity index is 1.87. The molecule has 2 aromatic carbocycles. The van der Waals surface area contributed by atoms with E-state index in [0.717, 1.165) is 41.1 Å². The Kier molecular flexibility index (Phi) is 4.22. The third-order valence-corrected chi connectivity index (χ3v) is 3.44. The Morgan fingerprint density at radius 2 is 1.76 bits per heavy atom. The molecule has 0 unspecified atom stereocenters. The molecule has 0 saturated carbocycles. The van der Waals surface area contributed by atoms with Gasteiger partial charge in [0.1, 0.15) is 23.7 Å².